The maximum absolute atomic E-state index is 14.0. The van der Waals surface area contributed by atoms with Crippen LogP contribution in [0.15, 0.2) is 48.5 Å². The minimum absolute atomic E-state index is 0.00922. The van der Waals surface area contributed by atoms with Crippen molar-refractivity contribution in [2.24, 2.45) is 53.3 Å². The maximum Gasteiger partial charge on any atom is 0.309 e. The van der Waals surface area contributed by atoms with E-state index in [0.29, 0.717) is 12.0 Å². The van der Waals surface area contributed by atoms with Crippen LogP contribution in [0.3, 0.4) is 0 Å². The van der Waals surface area contributed by atoms with Crippen molar-refractivity contribution in [2.75, 3.05) is 0 Å². The highest BCUT2D eigenvalue weighted by Crippen LogP contribution is 2.60. The molecule has 2 aromatic carbocycles. The van der Waals surface area contributed by atoms with Gasteiger partial charge in [-0.2, -0.15) is 0 Å². The Morgan fingerprint density at radius 3 is 1.79 bits per heavy atom. The molecule has 254 valence electrons. The number of carbonyl (C=O) groups is 1. The van der Waals surface area contributed by atoms with Crippen LogP contribution in [0.4, 0.5) is 0 Å². The minimum Gasteiger partial charge on any atom is -0.508 e. The predicted molar refractivity (Wildman–Crippen MR) is 183 cm³/mol. The van der Waals surface area contributed by atoms with Crippen molar-refractivity contribution in [1.29, 1.82) is 0 Å². The van der Waals surface area contributed by atoms with E-state index < -0.39 is 0 Å². The molecule has 0 amide bonds. The van der Waals surface area contributed by atoms with Gasteiger partial charge in [0.1, 0.15) is 17.6 Å². The van der Waals surface area contributed by atoms with Gasteiger partial charge in [0.15, 0.2) is 6.29 Å². The molecule has 0 heterocycles. The molecule has 47 heavy (non-hydrogen) atoms. The van der Waals surface area contributed by atoms with Crippen LogP contribution < -0.4 is 4.74 Å². The monoisotopic (exact) mass is 640 g/mol. The van der Waals surface area contributed by atoms with E-state index in [-0.39, 0.29) is 41.9 Å². The number of benzene rings is 2. The van der Waals surface area contributed by atoms with Crippen LogP contribution in [0.1, 0.15) is 121 Å². The van der Waals surface area contributed by atoms with Gasteiger partial charge in [0, 0.05) is 0 Å². The van der Waals surface area contributed by atoms with Gasteiger partial charge in [-0.3, -0.25) is 4.79 Å². The van der Waals surface area contributed by atoms with Crippen LogP contribution in [0.5, 0.6) is 11.5 Å². The standard InChI is InChI=1S/C42H56O5/c1-24(27-10-14-32(43)15-11-27)18-31(42(44)47-41-23-30-21-39(41)37-9-5-7-35(30)37)19-25(2)28-12-16-33(17-13-28)45-26(3)46-40-22-29-20-38(40)36-8-4-6-34(29)36/h10-17,24-26,29-31,34-41,43H,4-9,18-23H2,1-3H3. The molecule has 4 bridgehead atoms. The highest BCUT2D eigenvalue weighted by molar-refractivity contribution is 5.73. The molecule has 6 aliphatic rings. The van der Waals surface area contributed by atoms with E-state index in [2.05, 4.69) is 38.1 Å². The van der Waals surface area contributed by atoms with Gasteiger partial charge in [-0.05, 0) is 166 Å². The summed E-state index contributed by atoms with van der Waals surface area (Å²) in [6, 6.07) is 15.9. The second-order valence-corrected chi connectivity index (χ2v) is 16.8. The molecule has 0 saturated heterocycles. The van der Waals surface area contributed by atoms with Gasteiger partial charge in [-0.1, -0.05) is 51.0 Å². The Kier molecular flexibility index (Phi) is 8.82. The molecule has 0 aliphatic heterocycles. The minimum atomic E-state index is -0.256. The molecule has 6 fully saturated rings. The first-order chi connectivity index (χ1) is 22.8. The number of aromatic hydroxyl groups is 1. The summed E-state index contributed by atoms with van der Waals surface area (Å²) in [7, 11) is 0. The number of phenolic OH excluding ortho intramolecular Hbond substituents is 1. The molecule has 5 nitrogen and oxygen atoms in total. The van der Waals surface area contributed by atoms with Crippen molar-refractivity contribution in [3.63, 3.8) is 0 Å². The largest absolute Gasteiger partial charge is 0.508 e. The van der Waals surface area contributed by atoms with Gasteiger partial charge >= 0.3 is 5.97 Å². The number of fused-ring (bicyclic) bond motifs is 10. The van der Waals surface area contributed by atoms with Gasteiger partial charge in [0.2, 0.25) is 0 Å². The number of hydrogen-bond donors (Lipinski definition) is 1. The fourth-order valence-corrected chi connectivity index (χ4v) is 12.1. The van der Waals surface area contributed by atoms with Crippen LogP contribution in [0.2, 0.25) is 0 Å². The highest BCUT2D eigenvalue weighted by Gasteiger charge is 2.56. The maximum atomic E-state index is 14.0. The number of esters is 1. The summed E-state index contributed by atoms with van der Waals surface area (Å²) in [5.41, 5.74) is 2.36. The molecule has 2 aromatic rings. The third-order valence-electron chi connectivity index (χ3n) is 14.2. The zero-order chi connectivity index (χ0) is 32.2. The first-order valence-corrected chi connectivity index (χ1v) is 19.2. The summed E-state index contributed by atoms with van der Waals surface area (Å²) in [5, 5.41) is 9.82. The molecular weight excluding hydrogens is 584 g/mol. The average molecular weight is 641 g/mol. The molecule has 14 atom stereocenters. The molecule has 6 saturated carbocycles. The topological polar surface area (TPSA) is 65.0 Å². The fourth-order valence-electron chi connectivity index (χ4n) is 12.1. The number of rotatable bonds is 12. The molecule has 0 radical (unpaired) electrons. The van der Waals surface area contributed by atoms with Gasteiger partial charge in [0.25, 0.3) is 0 Å². The zero-order valence-electron chi connectivity index (χ0n) is 28.8. The lowest BCUT2D eigenvalue weighted by Gasteiger charge is -2.33. The SMILES string of the molecule is CC(Oc1ccc(C(C)CC(CC(C)c2ccc(O)cc2)C(=O)OC2CC3CC2C2CCCC32)cc1)OC1CC2CC1C1CCCC21. The summed E-state index contributed by atoms with van der Waals surface area (Å²) in [6.07, 6.45) is 14.9. The first-order valence-electron chi connectivity index (χ1n) is 19.2. The fraction of sp³-hybridized carbons (Fsp3) is 0.690. The average Bonchev–Trinajstić information content (AvgIpc) is 3.90. The van der Waals surface area contributed by atoms with Crippen molar-refractivity contribution in [2.45, 2.75) is 128 Å². The van der Waals surface area contributed by atoms with Crippen LogP contribution >= 0.6 is 0 Å². The number of carbonyl (C=O) groups excluding carboxylic acids is 1. The Morgan fingerprint density at radius 2 is 1.19 bits per heavy atom. The quantitative estimate of drug-likeness (QED) is 0.185. The number of ether oxygens (including phenoxy) is 3. The van der Waals surface area contributed by atoms with Crippen molar-refractivity contribution in [3.05, 3.63) is 59.7 Å². The van der Waals surface area contributed by atoms with E-state index in [1.54, 1.807) is 12.1 Å². The summed E-state index contributed by atoms with van der Waals surface area (Å²) in [6.45, 7) is 6.47. The van der Waals surface area contributed by atoms with E-state index in [1.807, 2.05) is 19.1 Å². The van der Waals surface area contributed by atoms with E-state index in [0.717, 1.165) is 72.0 Å². The molecule has 6 aliphatic carbocycles. The summed E-state index contributed by atoms with van der Waals surface area (Å²) in [5.74, 6) is 7.80. The summed E-state index contributed by atoms with van der Waals surface area (Å²) >= 11 is 0. The lowest BCUT2D eigenvalue weighted by Crippen LogP contribution is -2.34. The second-order valence-electron chi connectivity index (χ2n) is 16.8. The Bertz CT molecular complexity index is 1390. The highest BCUT2D eigenvalue weighted by atomic mass is 16.7. The third kappa shape index (κ3) is 6.24. The van der Waals surface area contributed by atoms with Gasteiger partial charge in [-0.25, -0.2) is 0 Å². The predicted octanol–water partition coefficient (Wildman–Crippen LogP) is 9.63. The van der Waals surface area contributed by atoms with E-state index in [1.165, 1.54) is 63.4 Å². The Morgan fingerprint density at radius 1 is 0.681 bits per heavy atom. The molecule has 14 unspecified atom stereocenters. The summed E-state index contributed by atoms with van der Waals surface area (Å²) in [4.78, 5) is 14.0. The second kappa shape index (κ2) is 13.1. The summed E-state index contributed by atoms with van der Waals surface area (Å²) < 4.78 is 19.2. The Hall–Kier alpha value is -2.53. The number of phenols is 1. The van der Waals surface area contributed by atoms with E-state index in [4.69, 9.17) is 14.2 Å². The van der Waals surface area contributed by atoms with Gasteiger partial charge < -0.3 is 19.3 Å². The smallest absolute Gasteiger partial charge is 0.309 e. The van der Waals surface area contributed by atoms with Crippen LogP contribution in [-0.4, -0.2) is 29.6 Å². The number of hydrogen-bond acceptors (Lipinski definition) is 5. The van der Waals surface area contributed by atoms with E-state index >= 15 is 0 Å². The Balaban J connectivity index is 0.894. The van der Waals surface area contributed by atoms with Crippen molar-refractivity contribution in [3.8, 4) is 11.5 Å². The van der Waals surface area contributed by atoms with Crippen LogP contribution in [0.25, 0.3) is 0 Å². The molecule has 0 spiro atoms. The van der Waals surface area contributed by atoms with Crippen LogP contribution in [0, 0.1) is 53.3 Å². The van der Waals surface area contributed by atoms with Crippen molar-refractivity contribution >= 4 is 5.97 Å². The normalized spacial score (nSPS) is 37.3. The van der Waals surface area contributed by atoms with E-state index in [9.17, 15) is 9.90 Å². The molecular formula is C42H56O5. The van der Waals surface area contributed by atoms with Gasteiger partial charge in [-0.15, -0.1) is 0 Å². The zero-order valence-corrected chi connectivity index (χ0v) is 28.8. The third-order valence-corrected chi connectivity index (χ3v) is 14.2. The van der Waals surface area contributed by atoms with Crippen molar-refractivity contribution < 1.29 is 24.1 Å². The Labute approximate surface area is 282 Å². The molecule has 5 heteroatoms. The molecule has 1 N–H and O–H groups in total. The van der Waals surface area contributed by atoms with Crippen molar-refractivity contribution in [1.82, 2.24) is 0 Å². The van der Waals surface area contributed by atoms with Gasteiger partial charge in [0.05, 0.1) is 12.0 Å². The lowest BCUT2D eigenvalue weighted by molar-refractivity contribution is -0.159. The van der Waals surface area contributed by atoms with Crippen LogP contribution in [-0.2, 0) is 14.3 Å². The lowest BCUT2D eigenvalue weighted by atomic mass is 9.80. The molecule has 0 aromatic heterocycles. The first kappa shape index (κ1) is 31.7. The molecule has 8 rings (SSSR count).